The molecule has 2 aromatic rings. The summed E-state index contributed by atoms with van der Waals surface area (Å²) in [6.07, 6.45) is 3.22. The molecule has 0 spiro atoms. The minimum absolute atomic E-state index is 0.0461. The fraction of sp³-hybridized carbons (Fsp3) is 0.250. The number of oxime groups is 1. The molecule has 0 atom stereocenters. The van der Waals surface area contributed by atoms with E-state index >= 15 is 0 Å². The highest BCUT2D eigenvalue weighted by atomic mass is 35.5. The van der Waals surface area contributed by atoms with Crippen LogP contribution in [0.25, 0.3) is 0 Å². The lowest BCUT2D eigenvalue weighted by atomic mass is 10.1. The van der Waals surface area contributed by atoms with Crippen LogP contribution in [0, 0.1) is 0 Å². The molecule has 0 aliphatic rings. The van der Waals surface area contributed by atoms with Crippen LogP contribution in [0.2, 0.25) is 10.0 Å². The second kappa shape index (κ2) is 11.4. The summed E-state index contributed by atoms with van der Waals surface area (Å²) in [6.45, 7) is 4.34. The van der Waals surface area contributed by atoms with E-state index in [1.165, 1.54) is 6.08 Å². The summed E-state index contributed by atoms with van der Waals surface area (Å²) in [6, 6.07) is 10.9. The second-order valence-electron chi connectivity index (χ2n) is 5.94. The van der Waals surface area contributed by atoms with Gasteiger partial charge in [-0.05, 0) is 31.1 Å². The van der Waals surface area contributed by atoms with Gasteiger partial charge in [-0.2, -0.15) is 0 Å². The Morgan fingerprint density at radius 2 is 1.68 bits per heavy atom. The average molecular weight is 463 g/mol. The van der Waals surface area contributed by atoms with Crippen LogP contribution < -0.4 is 9.47 Å². The number of halogens is 4. The SMILES string of the molecule is CC(C)O/N=C/c1ccc(COc2c(Cl)cc(OCC=C(Cl)Cl)cc2Cl)cc1. The molecule has 4 nitrogen and oxygen atoms in total. The van der Waals surface area contributed by atoms with Gasteiger partial charge in [-0.3, -0.25) is 0 Å². The molecule has 0 aliphatic carbocycles. The van der Waals surface area contributed by atoms with Crippen molar-refractivity contribution >= 4 is 52.6 Å². The first-order valence-electron chi connectivity index (χ1n) is 8.39. The molecule has 0 bridgehead atoms. The first-order valence-corrected chi connectivity index (χ1v) is 9.90. The molecule has 150 valence electrons. The van der Waals surface area contributed by atoms with Gasteiger partial charge in [-0.15, -0.1) is 0 Å². The Labute approximate surface area is 184 Å². The van der Waals surface area contributed by atoms with Gasteiger partial charge in [0.2, 0.25) is 0 Å². The van der Waals surface area contributed by atoms with Crippen LogP contribution in [-0.2, 0) is 11.4 Å². The first kappa shape index (κ1) is 22.7. The van der Waals surface area contributed by atoms with E-state index in [0.29, 0.717) is 28.2 Å². The van der Waals surface area contributed by atoms with Gasteiger partial charge < -0.3 is 14.3 Å². The predicted molar refractivity (Wildman–Crippen MR) is 116 cm³/mol. The van der Waals surface area contributed by atoms with Crippen LogP contribution in [0.15, 0.2) is 52.1 Å². The third-order valence-electron chi connectivity index (χ3n) is 3.30. The Hall–Kier alpha value is -1.59. The van der Waals surface area contributed by atoms with Crippen molar-refractivity contribution in [3.05, 3.63) is 68.1 Å². The number of benzene rings is 2. The summed E-state index contributed by atoms with van der Waals surface area (Å²) in [5.74, 6) is 0.873. The van der Waals surface area contributed by atoms with E-state index in [4.69, 9.17) is 60.7 Å². The minimum Gasteiger partial charge on any atom is -0.489 e. The summed E-state index contributed by atoms with van der Waals surface area (Å²) in [7, 11) is 0. The minimum atomic E-state index is 0.0461. The van der Waals surface area contributed by atoms with Crippen molar-refractivity contribution in [2.75, 3.05) is 6.61 Å². The molecule has 0 heterocycles. The molecule has 0 aromatic heterocycles. The van der Waals surface area contributed by atoms with Gasteiger partial charge in [0.15, 0.2) is 5.75 Å². The normalized spacial score (nSPS) is 11.0. The van der Waals surface area contributed by atoms with Gasteiger partial charge in [0.05, 0.1) is 16.3 Å². The topological polar surface area (TPSA) is 40.0 Å². The second-order valence-corrected chi connectivity index (χ2v) is 7.76. The van der Waals surface area contributed by atoms with Gasteiger partial charge in [0.25, 0.3) is 0 Å². The highest BCUT2D eigenvalue weighted by Gasteiger charge is 2.11. The summed E-state index contributed by atoms with van der Waals surface area (Å²) in [5, 5.41) is 4.60. The number of nitrogens with zero attached hydrogens (tertiary/aromatic N) is 1. The van der Waals surface area contributed by atoms with Gasteiger partial charge >= 0.3 is 0 Å². The molecule has 2 rings (SSSR count). The van der Waals surface area contributed by atoms with Crippen molar-refractivity contribution < 1.29 is 14.3 Å². The van der Waals surface area contributed by atoms with E-state index < -0.39 is 0 Å². The number of ether oxygens (including phenoxy) is 2. The number of rotatable bonds is 9. The van der Waals surface area contributed by atoms with Gasteiger partial charge in [-0.25, -0.2) is 0 Å². The molecule has 0 N–H and O–H groups in total. The van der Waals surface area contributed by atoms with Crippen LogP contribution >= 0.6 is 46.4 Å². The molecule has 2 aromatic carbocycles. The van der Waals surface area contributed by atoms with E-state index in [1.54, 1.807) is 18.3 Å². The monoisotopic (exact) mass is 461 g/mol. The lowest BCUT2D eigenvalue weighted by molar-refractivity contribution is 0.0874. The lowest BCUT2D eigenvalue weighted by Crippen LogP contribution is -1.99. The molecule has 0 fully saturated rings. The van der Waals surface area contributed by atoms with E-state index in [0.717, 1.165) is 11.1 Å². The van der Waals surface area contributed by atoms with Crippen molar-refractivity contribution in [2.45, 2.75) is 26.6 Å². The predicted octanol–water partition coefficient (Wildman–Crippen LogP) is 7.03. The zero-order chi connectivity index (χ0) is 20.5. The molecule has 0 radical (unpaired) electrons. The van der Waals surface area contributed by atoms with E-state index in [-0.39, 0.29) is 17.2 Å². The molecular weight excluding hydrogens is 444 g/mol. The highest BCUT2D eigenvalue weighted by molar-refractivity contribution is 6.55. The van der Waals surface area contributed by atoms with Crippen molar-refractivity contribution in [3.63, 3.8) is 0 Å². The average Bonchev–Trinajstić information content (AvgIpc) is 2.61. The third-order valence-corrected chi connectivity index (χ3v) is 4.17. The van der Waals surface area contributed by atoms with Gasteiger partial charge in [-0.1, -0.05) is 75.8 Å². The lowest BCUT2D eigenvalue weighted by Gasteiger charge is -2.12. The fourth-order valence-corrected chi connectivity index (χ4v) is 2.73. The quantitative estimate of drug-likeness (QED) is 0.296. The van der Waals surface area contributed by atoms with Gasteiger partial charge in [0, 0.05) is 12.1 Å². The highest BCUT2D eigenvalue weighted by Crippen LogP contribution is 2.37. The summed E-state index contributed by atoms with van der Waals surface area (Å²) in [5.41, 5.74) is 1.88. The van der Waals surface area contributed by atoms with Gasteiger partial charge in [0.1, 0.15) is 29.6 Å². The maximum atomic E-state index is 6.26. The Morgan fingerprint density at radius 1 is 1.04 bits per heavy atom. The van der Waals surface area contributed by atoms with Crippen LogP contribution in [0.3, 0.4) is 0 Å². The molecule has 28 heavy (non-hydrogen) atoms. The summed E-state index contributed by atoms with van der Waals surface area (Å²) in [4.78, 5) is 5.14. The standard InChI is InChI=1S/C20H19Cl4NO3/c1-13(2)28-25-11-14-3-5-15(6-4-14)12-27-20-17(21)9-16(10-18(20)22)26-8-7-19(23)24/h3-7,9-11,13H,8,12H2,1-2H3/b25-11+. The Bertz CT molecular complexity index is 809. The first-order chi connectivity index (χ1) is 13.3. The smallest absolute Gasteiger partial charge is 0.157 e. The van der Waals surface area contributed by atoms with E-state index in [1.807, 2.05) is 38.1 Å². The Morgan fingerprint density at radius 3 is 2.25 bits per heavy atom. The molecule has 0 unspecified atom stereocenters. The zero-order valence-electron chi connectivity index (χ0n) is 15.3. The fourth-order valence-electron chi connectivity index (χ4n) is 2.03. The molecular formula is C20H19Cl4NO3. The zero-order valence-corrected chi connectivity index (χ0v) is 18.3. The Kier molecular flexibility index (Phi) is 9.26. The van der Waals surface area contributed by atoms with E-state index in [9.17, 15) is 0 Å². The molecule has 8 heteroatoms. The summed E-state index contributed by atoms with van der Waals surface area (Å²) < 4.78 is 11.4. The van der Waals surface area contributed by atoms with Crippen molar-refractivity contribution in [2.24, 2.45) is 5.16 Å². The maximum absolute atomic E-state index is 6.26. The molecule has 0 saturated carbocycles. The van der Waals surface area contributed by atoms with Crippen molar-refractivity contribution in [1.82, 2.24) is 0 Å². The molecule has 0 saturated heterocycles. The van der Waals surface area contributed by atoms with Crippen LogP contribution in [-0.4, -0.2) is 18.9 Å². The van der Waals surface area contributed by atoms with Crippen molar-refractivity contribution in [3.8, 4) is 11.5 Å². The molecule has 0 aliphatic heterocycles. The third kappa shape index (κ3) is 7.80. The van der Waals surface area contributed by atoms with Crippen LogP contribution in [0.1, 0.15) is 25.0 Å². The number of hydrogen-bond donors (Lipinski definition) is 0. The largest absolute Gasteiger partial charge is 0.489 e. The maximum Gasteiger partial charge on any atom is 0.157 e. The van der Waals surface area contributed by atoms with Crippen LogP contribution in [0.5, 0.6) is 11.5 Å². The summed E-state index contributed by atoms with van der Waals surface area (Å²) >= 11 is 23.6. The number of hydrogen-bond acceptors (Lipinski definition) is 4. The molecule has 0 amide bonds. The van der Waals surface area contributed by atoms with E-state index in [2.05, 4.69) is 5.16 Å². The van der Waals surface area contributed by atoms with Crippen molar-refractivity contribution in [1.29, 1.82) is 0 Å². The Balaban J connectivity index is 1.96. The van der Waals surface area contributed by atoms with Crippen LogP contribution in [0.4, 0.5) is 0 Å².